The van der Waals surface area contributed by atoms with E-state index in [2.05, 4.69) is 4.74 Å². The van der Waals surface area contributed by atoms with Gasteiger partial charge in [0.25, 0.3) is 11.6 Å². The number of nitro groups is 1. The molecule has 114 valence electrons. The molecule has 0 amide bonds. The van der Waals surface area contributed by atoms with Crippen molar-refractivity contribution in [2.75, 3.05) is 25.1 Å². The summed E-state index contributed by atoms with van der Waals surface area (Å²) >= 11 is 0. The number of non-ortho nitro benzene ring substituents is 1. The first kappa shape index (κ1) is 15.1. The monoisotopic (exact) mass is 300 g/mol. The van der Waals surface area contributed by atoms with Crippen molar-refractivity contribution in [1.29, 1.82) is 0 Å². The van der Waals surface area contributed by atoms with Gasteiger partial charge in [0.15, 0.2) is 0 Å². The zero-order valence-electron chi connectivity index (χ0n) is 11.3. The molecule has 0 spiro atoms. The van der Waals surface area contributed by atoms with Gasteiger partial charge >= 0.3 is 5.97 Å². The predicted molar refractivity (Wildman–Crippen MR) is 70.8 cm³/mol. The molecule has 2 rings (SSSR count). The Morgan fingerprint density at radius 1 is 1.38 bits per heavy atom. The Hall–Kier alpha value is -2.25. The lowest BCUT2D eigenvalue weighted by Gasteiger charge is -2.34. The van der Waals surface area contributed by atoms with Crippen molar-refractivity contribution in [3.8, 4) is 0 Å². The fourth-order valence-electron chi connectivity index (χ4n) is 2.25. The molecule has 0 bridgehead atoms. The van der Waals surface area contributed by atoms with E-state index in [9.17, 15) is 23.7 Å². The van der Waals surface area contributed by atoms with Crippen LogP contribution in [0.25, 0.3) is 0 Å². The van der Waals surface area contributed by atoms with Gasteiger partial charge < -0.3 is 9.64 Å². The van der Waals surface area contributed by atoms with Crippen molar-refractivity contribution < 1.29 is 23.2 Å². The van der Waals surface area contributed by atoms with E-state index in [1.807, 2.05) is 0 Å². The lowest BCUT2D eigenvalue weighted by Crippen LogP contribution is -2.40. The summed E-state index contributed by atoms with van der Waals surface area (Å²) in [5.74, 6) is -3.39. The van der Waals surface area contributed by atoms with Gasteiger partial charge in [0.05, 0.1) is 23.3 Å². The SMILES string of the molecule is COC(=O)c1ccc([N+](=O)[O-])cc1N1CCC(F)(F)CC1. The van der Waals surface area contributed by atoms with Crippen LogP contribution in [0.2, 0.25) is 0 Å². The molecule has 1 saturated heterocycles. The molecule has 6 nitrogen and oxygen atoms in total. The number of anilines is 1. The lowest BCUT2D eigenvalue weighted by molar-refractivity contribution is -0.384. The molecule has 1 aliphatic heterocycles. The Morgan fingerprint density at radius 2 is 2.00 bits per heavy atom. The Kier molecular flexibility index (Phi) is 4.06. The molecular formula is C13H14F2N2O4. The van der Waals surface area contributed by atoms with Crippen LogP contribution in [0.5, 0.6) is 0 Å². The molecule has 0 N–H and O–H groups in total. The molecule has 1 aliphatic rings. The fourth-order valence-corrected chi connectivity index (χ4v) is 2.25. The second-order valence-corrected chi connectivity index (χ2v) is 4.79. The Morgan fingerprint density at radius 3 is 2.52 bits per heavy atom. The molecule has 0 unspecified atom stereocenters. The first-order chi connectivity index (χ1) is 9.84. The highest BCUT2D eigenvalue weighted by Gasteiger charge is 2.35. The predicted octanol–water partition coefficient (Wildman–Crippen LogP) is 2.62. The standard InChI is InChI=1S/C13H14F2N2O4/c1-21-12(18)10-3-2-9(17(19)20)8-11(10)16-6-4-13(14,15)5-7-16/h2-3,8H,4-7H2,1H3. The van der Waals surface area contributed by atoms with E-state index in [1.54, 1.807) is 4.90 Å². The van der Waals surface area contributed by atoms with Crippen molar-refractivity contribution in [3.63, 3.8) is 0 Å². The third kappa shape index (κ3) is 3.26. The summed E-state index contributed by atoms with van der Waals surface area (Å²) in [7, 11) is 1.19. The minimum atomic E-state index is -2.73. The molecule has 1 aromatic rings. The number of carbonyl (C=O) groups is 1. The lowest BCUT2D eigenvalue weighted by atomic mass is 10.0. The number of esters is 1. The van der Waals surface area contributed by atoms with Crippen molar-refractivity contribution in [2.45, 2.75) is 18.8 Å². The van der Waals surface area contributed by atoms with Crippen LogP contribution in [0.15, 0.2) is 18.2 Å². The van der Waals surface area contributed by atoms with Crippen LogP contribution < -0.4 is 4.90 Å². The van der Waals surface area contributed by atoms with E-state index in [0.29, 0.717) is 0 Å². The summed E-state index contributed by atoms with van der Waals surface area (Å²) in [4.78, 5) is 23.5. The number of methoxy groups -OCH3 is 1. The van der Waals surface area contributed by atoms with Gasteiger partial charge in [0.1, 0.15) is 0 Å². The molecular weight excluding hydrogens is 286 g/mol. The van der Waals surface area contributed by atoms with Crippen LogP contribution in [-0.2, 0) is 4.74 Å². The summed E-state index contributed by atoms with van der Waals surface area (Å²) in [5, 5.41) is 10.8. The number of benzene rings is 1. The van der Waals surface area contributed by atoms with E-state index < -0.39 is 16.8 Å². The van der Waals surface area contributed by atoms with Crippen LogP contribution >= 0.6 is 0 Å². The number of rotatable bonds is 3. The number of piperidine rings is 1. The van der Waals surface area contributed by atoms with Crippen LogP contribution in [0.4, 0.5) is 20.2 Å². The Balaban J connectivity index is 2.37. The van der Waals surface area contributed by atoms with Crippen molar-refractivity contribution >= 4 is 17.3 Å². The Labute approximate surface area is 119 Å². The average molecular weight is 300 g/mol. The largest absolute Gasteiger partial charge is 0.465 e. The Bertz CT molecular complexity index is 567. The molecule has 1 heterocycles. The van der Waals surface area contributed by atoms with E-state index in [1.165, 1.54) is 25.3 Å². The van der Waals surface area contributed by atoms with Gasteiger partial charge in [0.2, 0.25) is 0 Å². The van der Waals surface area contributed by atoms with Gasteiger partial charge in [-0.15, -0.1) is 0 Å². The smallest absolute Gasteiger partial charge is 0.339 e. The highest BCUT2D eigenvalue weighted by Crippen LogP contribution is 2.33. The zero-order chi connectivity index (χ0) is 15.6. The summed E-state index contributed by atoms with van der Waals surface area (Å²) in [6, 6.07) is 3.69. The zero-order valence-corrected chi connectivity index (χ0v) is 11.3. The minimum Gasteiger partial charge on any atom is -0.465 e. The molecule has 0 aliphatic carbocycles. The number of carbonyl (C=O) groups excluding carboxylic acids is 1. The molecule has 0 radical (unpaired) electrons. The maximum absolute atomic E-state index is 13.2. The number of hydrogen-bond acceptors (Lipinski definition) is 5. The second-order valence-electron chi connectivity index (χ2n) is 4.79. The van der Waals surface area contributed by atoms with E-state index in [0.717, 1.165) is 0 Å². The summed E-state index contributed by atoms with van der Waals surface area (Å²) in [6.07, 6.45) is -0.702. The summed E-state index contributed by atoms with van der Waals surface area (Å²) in [5.41, 5.74) is 0.190. The molecule has 21 heavy (non-hydrogen) atoms. The van der Waals surface area contributed by atoms with Crippen molar-refractivity contribution in [1.82, 2.24) is 0 Å². The highest BCUT2D eigenvalue weighted by molar-refractivity contribution is 5.96. The molecule has 8 heteroatoms. The second kappa shape index (κ2) is 5.63. The fraction of sp³-hybridized carbons (Fsp3) is 0.462. The van der Waals surface area contributed by atoms with Crippen LogP contribution in [0.3, 0.4) is 0 Å². The van der Waals surface area contributed by atoms with Crippen molar-refractivity contribution in [3.05, 3.63) is 33.9 Å². The maximum Gasteiger partial charge on any atom is 0.339 e. The summed E-state index contributed by atoms with van der Waals surface area (Å²) in [6.45, 7) is 0.0519. The molecule has 1 aromatic carbocycles. The van der Waals surface area contributed by atoms with Gasteiger partial charge in [-0.05, 0) is 6.07 Å². The number of ether oxygens (including phenoxy) is 1. The number of nitrogens with zero attached hydrogens (tertiary/aromatic N) is 2. The van der Waals surface area contributed by atoms with Gasteiger partial charge in [0, 0.05) is 38.1 Å². The van der Waals surface area contributed by atoms with Crippen LogP contribution in [0.1, 0.15) is 23.2 Å². The summed E-state index contributed by atoms with van der Waals surface area (Å²) < 4.78 is 31.0. The van der Waals surface area contributed by atoms with E-state index in [4.69, 9.17) is 0 Å². The normalized spacial score (nSPS) is 17.4. The first-order valence-electron chi connectivity index (χ1n) is 6.33. The van der Waals surface area contributed by atoms with Gasteiger partial charge in [-0.25, -0.2) is 13.6 Å². The quantitative estimate of drug-likeness (QED) is 0.487. The number of nitro benzene ring substituents is 1. The highest BCUT2D eigenvalue weighted by atomic mass is 19.3. The van der Waals surface area contributed by atoms with Crippen LogP contribution in [0, 0.1) is 10.1 Å². The molecule has 0 atom stereocenters. The third-order valence-corrected chi connectivity index (χ3v) is 3.43. The van der Waals surface area contributed by atoms with Gasteiger partial charge in [-0.2, -0.15) is 0 Å². The van der Waals surface area contributed by atoms with Crippen LogP contribution in [-0.4, -0.2) is 37.0 Å². The first-order valence-corrected chi connectivity index (χ1v) is 6.33. The number of hydrogen-bond donors (Lipinski definition) is 0. The minimum absolute atomic E-state index is 0.0260. The third-order valence-electron chi connectivity index (χ3n) is 3.43. The molecule has 0 aromatic heterocycles. The molecule has 0 saturated carbocycles. The maximum atomic E-state index is 13.2. The van der Waals surface area contributed by atoms with E-state index >= 15 is 0 Å². The van der Waals surface area contributed by atoms with Gasteiger partial charge in [-0.3, -0.25) is 10.1 Å². The molecule has 1 fully saturated rings. The van der Waals surface area contributed by atoms with Crippen molar-refractivity contribution in [2.24, 2.45) is 0 Å². The number of halogens is 2. The van der Waals surface area contributed by atoms with E-state index in [-0.39, 0.29) is 42.9 Å². The topological polar surface area (TPSA) is 72.7 Å². The van der Waals surface area contributed by atoms with Gasteiger partial charge in [-0.1, -0.05) is 0 Å². The number of alkyl halides is 2. The average Bonchev–Trinajstić information content (AvgIpc) is 2.45.